The van der Waals surface area contributed by atoms with Gasteiger partial charge in [-0.25, -0.2) is 4.68 Å². The molecule has 0 spiro atoms. The van der Waals surface area contributed by atoms with Crippen LogP contribution in [0.15, 0.2) is 34.8 Å². The third kappa shape index (κ3) is 3.15. The lowest BCUT2D eigenvalue weighted by Crippen LogP contribution is -2.26. The van der Waals surface area contributed by atoms with Crippen LogP contribution in [0.3, 0.4) is 0 Å². The third-order valence-electron chi connectivity index (χ3n) is 4.10. The van der Waals surface area contributed by atoms with Crippen LogP contribution < -0.4 is 5.32 Å². The molecule has 1 aliphatic rings. The van der Waals surface area contributed by atoms with Gasteiger partial charge in [-0.2, -0.15) is 5.10 Å². The van der Waals surface area contributed by atoms with E-state index in [-0.39, 0.29) is 0 Å². The van der Waals surface area contributed by atoms with Crippen molar-refractivity contribution in [2.75, 3.05) is 11.9 Å². The molecule has 112 valence electrons. The monoisotopic (exact) mass is 347 g/mol. The first-order valence-corrected chi connectivity index (χ1v) is 8.48. The Kier molecular flexibility index (Phi) is 4.34. The van der Waals surface area contributed by atoms with Gasteiger partial charge in [0.05, 0.1) is 16.7 Å². The van der Waals surface area contributed by atoms with Crippen molar-refractivity contribution in [1.82, 2.24) is 9.78 Å². The topological polar surface area (TPSA) is 29.9 Å². The Morgan fingerprint density at radius 2 is 2.10 bits per heavy atom. The summed E-state index contributed by atoms with van der Waals surface area (Å²) < 4.78 is 3.27. The molecule has 0 saturated heterocycles. The number of rotatable bonds is 4. The van der Waals surface area contributed by atoms with Crippen LogP contribution in [0.25, 0.3) is 0 Å². The Bertz CT molecular complexity index is 604. The van der Waals surface area contributed by atoms with Gasteiger partial charge < -0.3 is 5.32 Å². The molecule has 4 heteroatoms. The summed E-state index contributed by atoms with van der Waals surface area (Å²) in [6, 6.07) is 10.7. The van der Waals surface area contributed by atoms with Crippen LogP contribution in [0.4, 0.5) is 5.82 Å². The Labute approximate surface area is 134 Å². The molecule has 1 atom stereocenters. The Hall–Kier alpha value is -1.29. The largest absolute Gasteiger partial charge is 0.369 e. The average molecular weight is 348 g/mol. The molecule has 0 saturated carbocycles. The Morgan fingerprint density at radius 3 is 2.81 bits per heavy atom. The average Bonchev–Trinajstić information content (AvgIpc) is 2.82. The van der Waals surface area contributed by atoms with E-state index < -0.39 is 0 Å². The van der Waals surface area contributed by atoms with E-state index in [1.54, 1.807) is 0 Å². The molecule has 2 aromatic rings. The van der Waals surface area contributed by atoms with E-state index in [1.165, 1.54) is 17.7 Å². The zero-order chi connectivity index (χ0) is 14.8. The highest BCUT2D eigenvalue weighted by atomic mass is 79.9. The number of nitrogens with zero attached hydrogens (tertiary/aromatic N) is 2. The molecule has 1 N–H and O–H groups in total. The van der Waals surface area contributed by atoms with Crippen LogP contribution in [0, 0.1) is 5.92 Å². The Morgan fingerprint density at radius 1 is 1.33 bits per heavy atom. The van der Waals surface area contributed by atoms with Crippen LogP contribution >= 0.6 is 15.9 Å². The zero-order valence-electron chi connectivity index (χ0n) is 12.6. The fourth-order valence-corrected chi connectivity index (χ4v) is 3.44. The first-order chi connectivity index (χ1) is 10.1. The molecule has 1 aromatic carbocycles. The van der Waals surface area contributed by atoms with Crippen molar-refractivity contribution in [2.45, 2.75) is 39.2 Å². The van der Waals surface area contributed by atoms with Gasteiger partial charge in [0.15, 0.2) is 0 Å². The summed E-state index contributed by atoms with van der Waals surface area (Å²) in [7, 11) is 0. The number of nitrogens with one attached hydrogen (secondary N) is 1. The smallest absolute Gasteiger partial charge is 0.139 e. The maximum absolute atomic E-state index is 4.81. The predicted molar refractivity (Wildman–Crippen MR) is 90.8 cm³/mol. The molecule has 0 amide bonds. The van der Waals surface area contributed by atoms with Gasteiger partial charge in [-0.15, -0.1) is 0 Å². The normalized spacial score (nSPS) is 17.6. The second kappa shape index (κ2) is 6.22. The second-order valence-corrected chi connectivity index (χ2v) is 7.01. The van der Waals surface area contributed by atoms with Gasteiger partial charge >= 0.3 is 0 Å². The molecule has 1 aromatic heterocycles. The number of halogens is 1. The van der Waals surface area contributed by atoms with Crippen LogP contribution in [0.1, 0.15) is 37.4 Å². The Balaban J connectivity index is 1.78. The van der Waals surface area contributed by atoms with Crippen molar-refractivity contribution in [2.24, 2.45) is 5.92 Å². The third-order valence-corrected chi connectivity index (χ3v) is 4.93. The maximum atomic E-state index is 4.81. The number of aryl methyl sites for hydroxylation is 1. The van der Waals surface area contributed by atoms with Gasteiger partial charge in [0.1, 0.15) is 5.82 Å². The number of hydrogen-bond donors (Lipinski definition) is 1. The summed E-state index contributed by atoms with van der Waals surface area (Å²) in [5.74, 6) is 2.34. The van der Waals surface area contributed by atoms with Gasteiger partial charge in [0.25, 0.3) is 0 Å². The minimum atomic E-state index is 0.489. The fraction of sp³-hybridized carbons (Fsp3) is 0.471. The summed E-state index contributed by atoms with van der Waals surface area (Å²) in [6.07, 6.45) is 2.22. The lowest BCUT2D eigenvalue weighted by molar-refractivity contribution is 0.497. The van der Waals surface area contributed by atoms with Crippen LogP contribution in [0.2, 0.25) is 0 Å². The molecule has 0 aliphatic carbocycles. The van der Waals surface area contributed by atoms with Crippen molar-refractivity contribution >= 4 is 21.7 Å². The number of fused-ring (bicyclic) bond motifs is 1. The molecule has 1 unspecified atom stereocenters. The number of aromatic nitrogens is 2. The second-order valence-electron chi connectivity index (χ2n) is 6.21. The van der Waals surface area contributed by atoms with Gasteiger partial charge in [-0.3, -0.25) is 0 Å². The van der Waals surface area contributed by atoms with Crippen molar-refractivity contribution in [3.63, 3.8) is 0 Å². The van der Waals surface area contributed by atoms with E-state index in [4.69, 9.17) is 5.10 Å². The first kappa shape index (κ1) is 14.6. The molecule has 0 radical (unpaired) electrons. The highest BCUT2D eigenvalue weighted by Crippen LogP contribution is 2.33. The standard InChI is InChI=1S/C17H22BrN3/c1-12(2)8-9-15-16(18)17-19-10-14(11-21(17)20-15)13-6-4-3-5-7-13/h3-7,12,14,19H,8-11H2,1-2H3. The maximum Gasteiger partial charge on any atom is 0.139 e. The van der Waals surface area contributed by atoms with Crippen LogP contribution in [-0.4, -0.2) is 16.3 Å². The molecule has 1 aliphatic heterocycles. The van der Waals surface area contributed by atoms with E-state index >= 15 is 0 Å². The summed E-state index contributed by atoms with van der Waals surface area (Å²) in [5, 5.41) is 8.35. The molecule has 0 fully saturated rings. The lowest BCUT2D eigenvalue weighted by atomic mass is 9.98. The highest BCUT2D eigenvalue weighted by Gasteiger charge is 2.24. The van der Waals surface area contributed by atoms with Crippen molar-refractivity contribution < 1.29 is 0 Å². The predicted octanol–water partition coefficient (Wildman–Crippen LogP) is 4.44. The fourth-order valence-electron chi connectivity index (χ4n) is 2.82. The summed E-state index contributed by atoms with van der Waals surface area (Å²) in [6.45, 7) is 6.44. The van der Waals surface area contributed by atoms with Gasteiger partial charge in [-0.05, 0) is 40.3 Å². The minimum absolute atomic E-state index is 0.489. The zero-order valence-corrected chi connectivity index (χ0v) is 14.2. The van der Waals surface area contributed by atoms with Gasteiger partial charge in [-0.1, -0.05) is 44.2 Å². The molecular weight excluding hydrogens is 326 g/mol. The van der Waals surface area contributed by atoms with Crippen molar-refractivity contribution in [3.8, 4) is 0 Å². The summed E-state index contributed by atoms with van der Waals surface area (Å²) in [5.41, 5.74) is 2.56. The van der Waals surface area contributed by atoms with Crippen LogP contribution in [-0.2, 0) is 13.0 Å². The number of benzene rings is 1. The minimum Gasteiger partial charge on any atom is -0.369 e. The summed E-state index contributed by atoms with van der Waals surface area (Å²) in [4.78, 5) is 0. The summed E-state index contributed by atoms with van der Waals surface area (Å²) >= 11 is 3.72. The molecule has 2 heterocycles. The van der Waals surface area contributed by atoms with E-state index in [1.807, 2.05) is 0 Å². The van der Waals surface area contributed by atoms with E-state index in [2.05, 4.69) is 70.1 Å². The molecular formula is C17H22BrN3. The SMILES string of the molecule is CC(C)CCc1nn2c(c1Br)NCC(c1ccccc1)C2. The van der Waals surface area contributed by atoms with Gasteiger partial charge in [0, 0.05) is 12.5 Å². The molecule has 3 nitrogen and oxygen atoms in total. The van der Waals surface area contributed by atoms with E-state index in [0.717, 1.165) is 29.8 Å². The molecule has 3 rings (SSSR count). The lowest BCUT2D eigenvalue weighted by Gasteiger charge is -2.25. The van der Waals surface area contributed by atoms with Crippen molar-refractivity contribution in [3.05, 3.63) is 46.1 Å². The number of anilines is 1. The highest BCUT2D eigenvalue weighted by molar-refractivity contribution is 9.10. The van der Waals surface area contributed by atoms with Gasteiger partial charge in [0.2, 0.25) is 0 Å². The molecule has 21 heavy (non-hydrogen) atoms. The first-order valence-electron chi connectivity index (χ1n) is 7.69. The van der Waals surface area contributed by atoms with Crippen LogP contribution in [0.5, 0.6) is 0 Å². The number of hydrogen-bond acceptors (Lipinski definition) is 2. The van der Waals surface area contributed by atoms with E-state index in [9.17, 15) is 0 Å². The van der Waals surface area contributed by atoms with Crippen molar-refractivity contribution in [1.29, 1.82) is 0 Å². The quantitative estimate of drug-likeness (QED) is 0.885. The van der Waals surface area contributed by atoms with E-state index in [0.29, 0.717) is 11.8 Å². The molecule has 0 bridgehead atoms.